The van der Waals surface area contributed by atoms with E-state index in [2.05, 4.69) is 5.32 Å². The van der Waals surface area contributed by atoms with Gasteiger partial charge >= 0.3 is 5.69 Å². The van der Waals surface area contributed by atoms with Gasteiger partial charge in [0.1, 0.15) is 5.82 Å². The van der Waals surface area contributed by atoms with Crippen LogP contribution in [0.4, 0.5) is 20.2 Å². The van der Waals surface area contributed by atoms with Gasteiger partial charge in [-0.3, -0.25) is 10.1 Å². The van der Waals surface area contributed by atoms with E-state index in [1.165, 1.54) is 12.8 Å². The average molecular weight is 256 g/mol. The Hall–Kier alpha value is -1.72. The number of nitrogens with one attached hydrogen (secondary N) is 1. The standard InChI is InChI=1S/C12H14F2N2O2/c13-9-5-10(14)12(16(17)18)6-11(9)15-7-8-3-1-2-4-8/h5-6,8,15H,1-4,7H2. The van der Waals surface area contributed by atoms with E-state index in [4.69, 9.17) is 0 Å². The second-order valence-electron chi connectivity index (χ2n) is 4.57. The normalized spacial score (nSPS) is 15.9. The maximum Gasteiger partial charge on any atom is 0.307 e. The largest absolute Gasteiger partial charge is 0.382 e. The zero-order chi connectivity index (χ0) is 13.1. The zero-order valence-electron chi connectivity index (χ0n) is 9.79. The Morgan fingerprint density at radius 1 is 1.28 bits per heavy atom. The van der Waals surface area contributed by atoms with Crippen LogP contribution in [0.3, 0.4) is 0 Å². The van der Waals surface area contributed by atoms with Crippen molar-refractivity contribution in [2.24, 2.45) is 5.92 Å². The van der Waals surface area contributed by atoms with Crippen molar-refractivity contribution in [3.8, 4) is 0 Å². The maximum absolute atomic E-state index is 13.4. The predicted octanol–water partition coefficient (Wildman–Crippen LogP) is 3.48. The van der Waals surface area contributed by atoms with E-state index < -0.39 is 22.2 Å². The van der Waals surface area contributed by atoms with Crippen molar-refractivity contribution in [3.63, 3.8) is 0 Å². The minimum atomic E-state index is -1.15. The fraction of sp³-hybridized carbons (Fsp3) is 0.500. The lowest BCUT2D eigenvalue weighted by Gasteiger charge is -2.12. The Morgan fingerprint density at radius 3 is 2.56 bits per heavy atom. The van der Waals surface area contributed by atoms with E-state index in [-0.39, 0.29) is 5.69 Å². The molecular weight excluding hydrogens is 242 g/mol. The van der Waals surface area contributed by atoms with Gasteiger partial charge in [-0.2, -0.15) is 4.39 Å². The van der Waals surface area contributed by atoms with Gasteiger partial charge in [0.15, 0.2) is 0 Å². The molecule has 1 fully saturated rings. The first kappa shape index (κ1) is 12.7. The summed E-state index contributed by atoms with van der Waals surface area (Å²) < 4.78 is 26.6. The molecule has 2 rings (SSSR count). The lowest BCUT2D eigenvalue weighted by Crippen LogP contribution is -2.12. The minimum absolute atomic E-state index is 0.00463. The molecule has 1 saturated carbocycles. The van der Waals surface area contributed by atoms with Crippen LogP contribution in [0.1, 0.15) is 25.7 Å². The Kier molecular flexibility index (Phi) is 3.74. The number of benzene rings is 1. The van der Waals surface area contributed by atoms with Gasteiger partial charge in [-0.05, 0) is 18.8 Å². The van der Waals surface area contributed by atoms with Gasteiger partial charge < -0.3 is 5.32 Å². The second kappa shape index (κ2) is 5.29. The van der Waals surface area contributed by atoms with Crippen molar-refractivity contribution in [1.29, 1.82) is 0 Å². The lowest BCUT2D eigenvalue weighted by molar-refractivity contribution is -0.387. The second-order valence-corrected chi connectivity index (χ2v) is 4.57. The first-order chi connectivity index (χ1) is 8.58. The van der Waals surface area contributed by atoms with Crippen molar-refractivity contribution in [2.75, 3.05) is 11.9 Å². The van der Waals surface area contributed by atoms with Gasteiger partial charge in [-0.1, -0.05) is 12.8 Å². The smallest absolute Gasteiger partial charge is 0.307 e. The highest BCUT2D eigenvalue weighted by molar-refractivity contribution is 5.53. The molecule has 4 nitrogen and oxygen atoms in total. The third-order valence-corrected chi connectivity index (χ3v) is 3.29. The summed E-state index contributed by atoms with van der Waals surface area (Å²) in [5.74, 6) is -1.48. The van der Waals surface area contributed by atoms with E-state index >= 15 is 0 Å². The Labute approximate surface area is 103 Å². The Balaban J connectivity index is 2.11. The number of anilines is 1. The highest BCUT2D eigenvalue weighted by atomic mass is 19.1. The van der Waals surface area contributed by atoms with Gasteiger partial charge in [0.25, 0.3) is 0 Å². The molecule has 1 aromatic rings. The van der Waals surface area contributed by atoms with E-state index in [9.17, 15) is 18.9 Å². The summed E-state index contributed by atoms with van der Waals surface area (Å²) in [6, 6.07) is 1.47. The monoisotopic (exact) mass is 256 g/mol. The minimum Gasteiger partial charge on any atom is -0.382 e. The molecule has 0 bridgehead atoms. The Bertz CT molecular complexity index is 460. The molecule has 0 radical (unpaired) electrons. The van der Waals surface area contributed by atoms with Crippen LogP contribution in [0.5, 0.6) is 0 Å². The zero-order valence-corrected chi connectivity index (χ0v) is 9.79. The van der Waals surface area contributed by atoms with Crippen LogP contribution in [0.2, 0.25) is 0 Å². The summed E-state index contributed by atoms with van der Waals surface area (Å²) in [6.07, 6.45) is 4.49. The number of halogens is 2. The molecule has 0 spiro atoms. The van der Waals surface area contributed by atoms with Gasteiger partial charge in [0.2, 0.25) is 5.82 Å². The van der Waals surface area contributed by atoms with Crippen LogP contribution in [0, 0.1) is 27.7 Å². The lowest BCUT2D eigenvalue weighted by atomic mass is 10.1. The van der Waals surface area contributed by atoms with E-state index in [1.807, 2.05) is 0 Å². The van der Waals surface area contributed by atoms with E-state index in [0.717, 1.165) is 18.9 Å². The van der Waals surface area contributed by atoms with Crippen molar-refractivity contribution in [1.82, 2.24) is 0 Å². The van der Waals surface area contributed by atoms with Crippen LogP contribution in [0.25, 0.3) is 0 Å². The van der Waals surface area contributed by atoms with Crippen LogP contribution in [0.15, 0.2) is 12.1 Å². The molecule has 0 saturated heterocycles. The van der Waals surface area contributed by atoms with Crippen LogP contribution in [-0.2, 0) is 0 Å². The molecule has 18 heavy (non-hydrogen) atoms. The summed E-state index contributed by atoms with van der Waals surface area (Å²) in [4.78, 5) is 9.71. The summed E-state index contributed by atoms with van der Waals surface area (Å²) in [5, 5.41) is 13.4. The molecule has 0 unspecified atom stereocenters. The molecule has 1 N–H and O–H groups in total. The summed E-state index contributed by atoms with van der Waals surface area (Å²) in [6.45, 7) is 0.569. The fourth-order valence-corrected chi connectivity index (χ4v) is 2.28. The fourth-order valence-electron chi connectivity index (χ4n) is 2.28. The van der Waals surface area contributed by atoms with Gasteiger partial charge in [-0.15, -0.1) is 0 Å². The molecule has 6 heteroatoms. The topological polar surface area (TPSA) is 55.2 Å². The van der Waals surface area contributed by atoms with E-state index in [0.29, 0.717) is 18.5 Å². The van der Waals surface area contributed by atoms with Crippen molar-refractivity contribution in [3.05, 3.63) is 33.9 Å². The summed E-state index contributed by atoms with van der Waals surface area (Å²) in [5.41, 5.74) is -0.708. The van der Waals surface area contributed by atoms with Crippen LogP contribution < -0.4 is 5.32 Å². The molecule has 1 aromatic carbocycles. The highest BCUT2D eigenvalue weighted by Gasteiger charge is 2.20. The van der Waals surface area contributed by atoms with Crippen molar-refractivity contribution in [2.45, 2.75) is 25.7 Å². The SMILES string of the molecule is O=[N+]([O-])c1cc(NCC2CCCC2)c(F)cc1F. The van der Waals surface area contributed by atoms with Crippen molar-refractivity contribution < 1.29 is 13.7 Å². The number of nitro groups is 1. The summed E-state index contributed by atoms with van der Waals surface area (Å²) >= 11 is 0. The molecule has 1 aliphatic carbocycles. The molecular formula is C12H14F2N2O2. The maximum atomic E-state index is 13.4. The molecule has 0 aliphatic heterocycles. The molecule has 1 aliphatic rings. The number of hydrogen-bond acceptors (Lipinski definition) is 3. The molecule has 0 aromatic heterocycles. The third-order valence-electron chi connectivity index (χ3n) is 3.29. The quantitative estimate of drug-likeness (QED) is 0.662. The van der Waals surface area contributed by atoms with Gasteiger partial charge in [0, 0.05) is 18.7 Å². The Morgan fingerprint density at radius 2 is 1.94 bits per heavy atom. The van der Waals surface area contributed by atoms with Gasteiger partial charge in [-0.25, -0.2) is 4.39 Å². The predicted molar refractivity (Wildman–Crippen MR) is 63.5 cm³/mol. The van der Waals surface area contributed by atoms with Crippen molar-refractivity contribution >= 4 is 11.4 Å². The molecule has 0 heterocycles. The van der Waals surface area contributed by atoms with Crippen LogP contribution in [-0.4, -0.2) is 11.5 Å². The summed E-state index contributed by atoms with van der Waals surface area (Å²) in [7, 11) is 0. The molecule has 0 atom stereocenters. The van der Waals surface area contributed by atoms with Crippen LogP contribution >= 0.6 is 0 Å². The third kappa shape index (κ3) is 2.75. The number of hydrogen-bond donors (Lipinski definition) is 1. The number of nitrogens with zero attached hydrogens (tertiary/aromatic N) is 1. The number of rotatable bonds is 4. The van der Waals surface area contributed by atoms with Gasteiger partial charge in [0.05, 0.1) is 10.6 Å². The van der Waals surface area contributed by atoms with E-state index in [1.54, 1.807) is 0 Å². The average Bonchev–Trinajstić information content (AvgIpc) is 2.80. The molecule has 98 valence electrons. The first-order valence-electron chi connectivity index (χ1n) is 5.95. The number of nitro benzene ring substituents is 1. The highest BCUT2D eigenvalue weighted by Crippen LogP contribution is 2.28. The first-order valence-corrected chi connectivity index (χ1v) is 5.95. The molecule has 0 amide bonds.